The van der Waals surface area contributed by atoms with Gasteiger partial charge in [0.15, 0.2) is 0 Å². The summed E-state index contributed by atoms with van der Waals surface area (Å²) in [4.78, 5) is 0. The molecule has 0 radical (unpaired) electrons. The second-order valence-corrected chi connectivity index (χ2v) is 5.91. The number of hydrogen-bond donors (Lipinski definition) is 1. The van der Waals surface area contributed by atoms with Crippen LogP contribution in [0.15, 0.2) is 48.5 Å². The van der Waals surface area contributed by atoms with E-state index in [0.717, 1.165) is 6.42 Å². The first-order valence-corrected chi connectivity index (χ1v) is 7.31. The Morgan fingerprint density at radius 3 is 2.71 bits per heavy atom. The number of benzene rings is 2. The highest BCUT2D eigenvalue weighted by Gasteiger charge is 2.31. The first kappa shape index (κ1) is 14.2. The average Bonchev–Trinajstić information content (AvgIpc) is 2.47. The van der Waals surface area contributed by atoms with Crippen LogP contribution in [0, 0.1) is 5.82 Å². The summed E-state index contributed by atoms with van der Waals surface area (Å²) in [6.45, 7) is 2.56. The molecule has 0 saturated carbocycles. The highest BCUT2D eigenvalue weighted by molar-refractivity contribution is 5.32. The van der Waals surface area contributed by atoms with Gasteiger partial charge in [-0.25, -0.2) is 4.39 Å². The first-order valence-electron chi connectivity index (χ1n) is 7.31. The lowest BCUT2D eigenvalue weighted by molar-refractivity contribution is 0.0219. The number of rotatable bonds is 3. The van der Waals surface area contributed by atoms with Crippen molar-refractivity contribution in [2.45, 2.75) is 31.4 Å². The van der Waals surface area contributed by atoms with Crippen LogP contribution in [0.1, 0.15) is 36.1 Å². The molecule has 2 N–H and O–H groups in total. The van der Waals surface area contributed by atoms with Gasteiger partial charge in [0.2, 0.25) is 0 Å². The van der Waals surface area contributed by atoms with Gasteiger partial charge >= 0.3 is 0 Å². The largest absolute Gasteiger partial charge is 0.373 e. The summed E-state index contributed by atoms with van der Waals surface area (Å²) in [6.07, 6.45) is 1.41. The van der Waals surface area contributed by atoms with Crippen LogP contribution in [0.4, 0.5) is 4.39 Å². The highest BCUT2D eigenvalue weighted by atomic mass is 19.1. The van der Waals surface area contributed by atoms with Crippen LogP contribution in [0.25, 0.3) is 0 Å². The van der Waals surface area contributed by atoms with Crippen LogP contribution in [0.2, 0.25) is 0 Å². The van der Waals surface area contributed by atoms with Gasteiger partial charge in [0.1, 0.15) is 5.82 Å². The molecule has 0 bridgehead atoms. The number of ether oxygens (including phenoxy) is 1. The van der Waals surface area contributed by atoms with Gasteiger partial charge in [-0.15, -0.1) is 0 Å². The van der Waals surface area contributed by atoms with Crippen LogP contribution < -0.4 is 5.73 Å². The van der Waals surface area contributed by atoms with Crippen molar-refractivity contribution in [1.29, 1.82) is 0 Å². The summed E-state index contributed by atoms with van der Waals surface area (Å²) in [7, 11) is 0. The third kappa shape index (κ3) is 2.85. The zero-order chi connectivity index (χ0) is 14.9. The normalized spacial score (nSPS) is 20.6. The zero-order valence-corrected chi connectivity index (χ0v) is 12.2. The molecule has 2 atom stereocenters. The Balaban J connectivity index is 1.89. The topological polar surface area (TPSA) is 35.2 Å². The number of hydrogen-bond acceptors (Lipinski definition) is 2. The van der Waals surface area contributed by atoms with Crippen LogP contribution in [-0.2, 0) is 16.7 Å². The van der Waals surface area contributed by atoms with E-state index >= 15 is 0 Å². The van der Waals surface area contributed by atoms with E-state index in [0.29, 0.717) is 18.6 Å². The average molecular weight is 285 g/mol. The fourth-order valence-corrected chi connectivity index (χ4v) is 3.07. The molecule has 0 fully saturated rings. The summed E-state index contributed by atoms with van der Waals surface area (Å²) in [5.41, 5.74) is 8.66. The van der Waals surface area contributed by atoms with Gasteiger partial charge in [-0.05, 0) is 37.0 Å². The van der Waals surface area contributed by atoms with Crippen molar-refractivity contribution >= 4 is 0 Å². The van der Waals surface area contributed by atoms with E-state index in [-0.39, 0.29) is 11.9 Å². The molecule has 2 unspecified atom stereocenters. The Kier molecular flexibility index (Phi) is 3.79. The summed E-state index contributed by atoms with van der Waals surface area (Å²) in [5, 5.41) is 0. The van der Waals surface area contributed by atoms with Crippen molar-refractivity contribution in [3.63, 3.8) is 0 Å². The summed E-state index contributed by atoms with van der Waals surface area (Å²) in [6, 6.07) is 15.0. The highest BCUT2D eigenvalue weighted by Crippen LogP contribution is 2.36. The van der Waals surface area contributed by atoms with Gasteiger partial charge in [-0.1, -0.05) is 42.5 Å². The minimum atomic E-state index is -0.763. The third-order valence-electron chi connectivity index (χ3n) is 4.19. The lowest BCUT2D eigenvalue weighted by Gasteiger charge is -2.33. The maximum atomic E-state index is 14.0. The zero-order valence-electron chi connectivity index (χ0n) is 12.2. The molecule has 0 saturated heterocycles. The summed E-state index contributed by atoms with van der Waals surface area (Å²) >= 11 is 0. The molecule has 1 heterocycles. The molecule has 1 aliphatic heterocycles. The van der Waals surface area contributed by atoms with Gasteiger partial charge in [0.25, 0.3) is 0 Å². The predicted octanol–water partition coefficient (Wildman–Crippen LogP) is 3.70. The van der Waals surface area contributed by atoms with Crippen molar-refractivity contribution in [1.82, 2.24) is 0 Å². The molecule has 21 heavy (non-hydrogen) atoms. The van der Waals surface area contributed by atoms with Gasteiger partial charge < -0.3 is 10.5 Å². The molecule has 2 aromatic rings. The van der Waals surface area contributed by atoms with Crippen molar-refractivity contribution in [3.8, 4) is 0 Å². The number of nitrogens with two attached hydrogens (primary N) is 1. The van der Waals surface area contributed by atoms with Gasteiger partial charge in [-0.2, -0.15) is 0 Å². The van der Waals surface area contributed by atoms with Crippen molar-refractivity contribution in [3.05, 3.63) is 71.0 Å². The van der Waals surface area contributed by atoms with Crippen molar-refractivity contribution in [2.75, 3.05) is 6.61 Å². The molecule has 0 spiro atoms. The fraction of sp³-hybridized carbons (Fsp3) is 0.333. The number of fused-ring (bicyclic) bond motifs is 1. The van der Waals surface area contributed by atoms with Gasteiger partial charge in [0, 0.05) is 11.1 Å². The van der Waals surface area contributed by atoms with Crippen LogP contribution >= 0.6 is 0 Å². The molecule has 2 aromatic carbocycles. The first-order chi connectivity index (χ1) is 10.1. The molecule has 3 rings (SSSR count). The number of halogens is 1. The van der Waals surface area contributed by atoms with E-state index in [1.807, 2.05) is 25.1 Å². The fourth-order valence-electron chi connectivity index (χ4n) is 3.07. The lowest BCUT2D eigenvalue weighted by Crippen LogP contribution is -2.37. The molecule has 1 aliphatic rings. The molecule has 0 amide bonds. The maximum Gasteiger partial charge on any atom is 0.128 e. The van der Waals surface area contributed by atoms with Gasteiger partial charge in [0.05, 0.1) is 12.7 Å². The molecular weight excluding hydrogens is 265 g/mol. The monoisotopic (exact) mass is 285 g/mol. The van der Waals surface area contributed by atoms with E-state index < -0.39 is 5.54 Å². The SMILES string of the molecule is CC(N)(CC1OCCc2ccccc21)c1ccccc1F. The van der Waals surface area contributed by atoms with Crippen LogP contribution in [-0.4, -0.2) is 6.61 Å². The van der Waals surface area contributed by atoms with E-state index in [1.165, 1.54) is 17.2 Å². The van der Waals surface area contributed by atoms with E-state index in [9.17, 15) is 4.39 Å². The van der Waals surface area contributed by atoms with Crippen molar-refractivity contribution in [2.24, 2.45) is 5.73 Å². The Bertz CT molecular complexity index is 639. The van der Waals surface area contributed by atoms with Crippen LogP contribution in [0.5, 0.6) is 0 Å². The quantitative estimate of drug-likeness (QED) is 0.933. The van der Waals surface area contributed by atoms with Crippen LogP contribution in [0.3, 0.4) is 0 Å². The second-order valence-electron chi connectivity index (χ2n) is 5.91. The van der Waals surface area contributed by atoms with E-state index in [1.54, 1.807) is 12.1 Å². The minimum absolute atomic E-state index is 0.0791. The smallest absolute Gasteiger partial charge is 0.128 e. The Hall–Kier alpha value is -1.71. The Morgan fingerprint density at radius 1 is 1.19 bits per heavy atom. The summed E-state index contributed by atoms with van der Waals surface area (Å²) in [5.74, 6) is -0.258. The predicted molar refractivity (Wildman–Crippen MR) is 81.4 cm³/mol. The van der Waals surface area contributed by atoms with E-state index in [4.69, 9.17) is 10.5 Å². The molecular formula is C18H20FNO. The molecule has 3 heteroatoms. The van der Waals surface area contributed by atoms with Gasteiger partial charge in [-0.3, -0.25) is 0 Å². The molecule has 2 nitrogen and oxygen atoms in total. The lowest BCUT2D eigenvalue weighted by atomic mass is 9.83. The molecule has 0 aromatic heterocycles. The second kappa shape index (κ2) is 5.58. The standard InChI is InChI=1S/C18H20FNO/c1-18(20,15-8-4-5-9-16(15)19)12-17-14-7-3-2-6-13(14)10-11-21-17/h2-9,17H,10-12,20H2,1H3. The third-order valence-corrected chi connectivity index (χ3v) is 4.19. The van der Waals surface area contributed by atoms with E-state index in [2.05, 4.69) is 12.1 Å². The molecule has 0 aliphatic carbocycles. The molecule has 110 valence electrons. The Morgan fingerprint density at radius 2 is 1.90 bits per heavy atom. The van der Waals surface area contributed by atoms with Crippen molar-refractivity contribution < 1.29 is 9.13 Å². The summed E-state index contributed by atoms with van der Waals surface area (Å²) < 4.78 is 19.9. The minimum Gasteiger partial charge on any atom is -0.373 e. The Labute approximate surface area is 124 Å². The maximum absolute atomic E-state index is 14.0.